The van der Waals surface area contributed by atoms with Crippen molar-refractivity contribution in [3.05, 3.63) is 91.0 Å². The van der Waals surface area contributed by atoms with Gasteiger partial charge in [0.15, 0.2) is 5.65 Å². The second-order valence-corrected chi connectivity index (χ2v) is 7.59. The van der Waals surface area contributed by atoms with Crippen molar-refractivity contribution >= 4 is 33.7 Å². The summed E-state index contributed by atoms with van der Waals surface area (Å²) in [6.45, 7) is 0. The Hall–Kier alpha value is -4.85. The van der Waals surface area contributed by atoms with Crippen LogP contribution in [0.25, 0.3) is 44.6 Å². The first-order valence-corrected chi connectivity index (χ1v) is 10.3. The molecule has 0 spiro atoms. The van der Waals surface area contributed by atoms with E-state index in [1.807, 2.05) is 48.5 Å². The van der Waals surface area contributed by atoms with E-state index in [1.54, 1.807) is 36.9 Å². The van der Waals surface area contributed by atoms with Crippen molar-refractivity contribution in [2.45, 2.75) is 0 Å². The maximum absolute atomic E-state index is 12.5. The highest BCUT2D eigenvalue weighted by molar-refractivity contribution is 6.04. The predicted octanol–water partition coefficient (Wildman–Crippen LogP) is 4.82. The van der Waals surface area contributed by atoms with Gasteiger partial charge in [-0.2, -0.15) is 5.10 Å². The predicted molar refractivity (Wildman–Crippen MR) is 127 cm³/mol. The van der Waals surface area contributed by atoms with E-state index >= 15 is 0 Å². The molecule has 6 rings (SSSR count). The monoisotopic (exact) mass is 431 g/mol. The van der Waals surface area contributed by atoms with Gasteiger partial charge in [0.2, 0.25) is 0 Å². The molecule has 0 aliphatic heterocycles. The minimum Gasteiger partial charge on any atom is -0.352 e. The number of fused-ring (bicyclic) bond motifs is 2. The number of amides is 1. The van der Waals surface area contributed by atoms with Gasteiger partial charge in [0.1, 0.15) is 5.69 Å². The lowest BCUT2D eigenvalue weighted by Crippen LogP contribution is -2.11. The molecule has 0 unspecified atom stereocenters. The topological polar surface area (TPSA) is 112 Å². The molecule has 33 heavy (non-hydrogen) atoms. The van der Waals surface area contributed by atoms with Crippen LogP contribution in [0.5, 0.6) is 0 Å². The summed E-state index contributed by atoms with van der Waals surface area (Å²) in [7, 11) is 0. The van der Waals surface area contributed by atoms with Gasteiger partial charge < -0.3 is 10.3 Å². The van der Waals surface area contributed by atoms with Gasteiger partial charge in [0, 0.05) is 40.7 Å². The molecular formula is C25H17N7O. The molecule has 158 valence electrons. The fraction of sp³-hybridized carbons (Fsp3) is 0. The lowest BCUT2D eigenvalue weighted by atomic mass is 10.1. The summed E-state index contributed by atoms with van der Waals surface area (Å²) in [5.41, 5.74) is 7.01. The number of hydrogen-bond acceptors (Lipinski definition) is 5. The largest absolute Gasteiger partial charge is 0.352 e. The van der Waals surface area contributed by atoms with Gasteiger partial charge in [-0.3, -0.25) is 19.9 Å². The van der Waals surface area contributed by atoms with E-state index in [-0.39, 0.29) is 5.91 Å². The summed E-state index contributed by atoms with van der Waals surface area (Å²) in [5, 5.41) is 11.2. The lowest BCUT2D eigenvalue weighted by Gasteiger charge is -2.07. The quantitative estimate of drug-likeness (QED) is 0.371. The third-order valence-corrected chi connectivity index (χ3v) is 5.43. The third-order valence-electron chi connectivity index (χ3n) is 5.43. The summed E-state index contributed by atoms with van der Waals surface area (Å²) in [6.07, 6.45) is 6.89. The van der Waals surface area contributed by atoms with E-state index in [0.717, 1.165) is 38.9 Å². The molecule has 1 aromatic carbocycles. The zero-order valence-electron chi connectivity index (χ0n) is 17.3. The minimum absolute atomic E-state index is 0.187. The number of hydrogen-bond donors (Lipinski definition) is 3. The minimum atomic E-state index is -0.187. The Balaban J connectivity index is 1.36. The summed E-state index contributed by atoms with van der Waals surface area (Å²) >= 11 is 0. The number of anilines is 1. The molecule has 1 amide bonds. The van der Waals surface area contributed by atoms with Crippen LogP contribution in [0.3, 0.4) is 0 Å². The molecule has 8 nitrogen and oxygen atoms in total. The lowest BCUT2D eigenvalue weighted by molar-refractivity contribution is 0.102. The molecule has 0 atom stereocenters. The van der Waals surface area contributed by atoms with Gasteiger partial charge in [-0.1, -0.05) is 18.2 Å². The second kappa shape index (κ2) is 7.69. The van der Waals surface area contributed by atoms with E-state index < -0.39 is 0 Å². The van der Waals surface area contributed by atoms with Crippen LogP contribution in [0.1, 0.15) is 10.4 Å². The van der Waals surface area contributed by atoms with Gasteiger partial charge >= 0.3 is 0 Å². The Morgan fingerprint density at radius 1 is 0.879 bits per heavy atom. The molecule has 3 N–H and O–H groups in total. The Labute approximate surface area is 187 Å². The molecule has 5 heterocycles. The van der Waals surface area contributed by atoms with E-state index in [2.05, 4.69) is 35.5 Å². The highest BCUT2D eigenvalue weighted by Gasteiger charge is 2.14. The number of nitrogens with zero attached hydrogens (tertiary/aromatic N) is 4. The van der Waals surface area contributed by atoms with Crippen LogP contribution in [0.2, 0.25) is 0 Å². The third kappa shape index (κ3) is 3.49. The average molecular weight is 431 g/mol. The molecule has 0 aliphatic carbocycles. The standard InChI is InChI=1S/C25H17N7O/c33-25(15-5-2-1-3-6-15)29-18-9-16(12-26-14-18)17-10-19-23(31-32-24(19)28-13-17)22-11-21-20(30-22)7-4-8-27-21/h1-14,30H,(H,29,33)(H,28,31,32). The number of H-pyrrole nitrogens is 2. The van der Waals surface area contributed by atoms with E-state index in [9.17, 15) is 4.79 Å². The molecular weight excluding hydrogens is 414 g/mol. The maximum Gasteiger partial charge on any atom is 0.255 e. The van der Waals surface area contributed by atoms with Crippen molar-refractivity contribution in [3.63, 3.8) is 0 Å². The van der Waals surface area contributed by atoms with Gasteiger partial charge in [-0.05, 0) is 42.5 Å². The highest BCUT2D eigenvalue weighted by Crippen LogP contribution is 2.30. The molecule has 5 aromatic heterocycles. The number of carbonyl (C=O) groups is 1. The summed E-state index contributed by atoms with van der Waals surface area (Å²) in [5.74, 6) is -0.187. The number of carbonyl (C=O) groups excluding carboxylic acids is 1. The maximum atomic E-state index is 12.5. The number of benzene rings is 1. The van der Waals surface area contributed by atoms with Crippen LogP contribution < -0.4 is 5.32 Å². The number of aromatic nitrogens is 6. The van der Waals surface area contributed by atoms with E-state index in [4.69, 9.17) is 0 Å². The fourth-order valence-corrected chi connectivity index (χ4v) is 3.81. The Bertz CT molecular complexity index is 1590. The van der Waals surface area contributed by atoms with Gasteiger partial charge in [0.05, 0.1) is 28.6 Å². The zero-order valence-corrected chi connectivity index (χ0v) is 17.3. The van der Waals surface area contributed by atoms with E-state index in [1.165, 1.54) is 0 Å². The molecule has 0 radical (unpaired) electrons. The molecule has 0 saturated carbocycles. The molecule has 6 aromatic rings. The first-order valence-electron chi connectivity index (χ1n) is 10.3. The van der Waals surface area contributed by atoms with Crippen LogP contribution in [0, 0.1) is 0 Å². The van der Waals surface area contributed by atoms with Crippen LogP contribution >= 0.6 is 0 Å². The SMILES string of the molecule is O=C(Nc1cncc(-c2cnc3[nH]nc(-c4cc5ncccc5[nH]4)c3c2)c1)c1ccccc1. The normalized spacial score (nSPS) is 11.2. The Morgan fingerprint density at radius 2 is 1.76 bits per heavy atom. The second-order valence-electron chi connectivity index (χ2n) is 7.59. The number of rotatable bonds is 4. The van der Waals surface area contributed by atoms with Crippen molar-refractivity contribution in [1.29, 1.82) is 0 Å². The van der Waals surface area contributed by atoms with Crippen LogP contribution in [-0.4, -0.2) is 36.0 Å². The smallest absolute Gasteiger partial charge is 0.255 e. The van der Waals surface area contributed by atoms with Crippen molar-refractivity contribution in [2.24, 2.45) is 0 Å². The van der Waals surface area contributed by atoms with Gasteiger partial charge in [-0.25, -0.2) is 4.98 Å². The van der Waals surface area contributed by atoms with Crippen LogP contribution in [0.15, 0.2) is 85.5 Å². The van der Waals surface area contributed by atoms with Crippen molar-refractivity contribution in [1.82, 2.24) is 30.1 Å². The van der Waals surface area contributed by atoms with Gasteiger partial charge in [-0.15, -0.1) is 0 Å². The Kier molecular flexibility index (Phi) is 4.40. The number of aromatic amines is 2. The van der Waals surface area contributed by atoms with Crippen LogP contribution in [0.4, 0.5) is 5.69 Å². The molecule has 8 heteroatoms. The molecule has 0 bridgehead atoms. The highest BCUT2D eigenvalue weighted by atomic mass is 16.1. The molecule has 0 saturated heterocycles. The van der Waals surface area contributed by atoms with Crippen molar-refractivity contribution in [2.75, 3.05) is 5.32 Å². The first kappa shape index (κ1) is 18.9. The Morgan fingerprint density at radius 3 is 2.64 bits per heavy atom. The summed E-state index contributed by atoms with van der Waals surface area (Å²) in [4.78, 5) is 29.1. The van der Waals surface area contributed by atoms with E-state index in [0.29, 0.717) is 16.9 Å². The number of pyridine rings is 3. The van der Waals surface area contributed by atoms with Gasteiger partial charge in [0.25, 0.3) is 5.91 Å². The summed E-state index contributed by atoms with van der Waals surface area (Å²) < 4.78 is 0. The average Bonchev–Trinajstić information content (AvgIpc) is 3.48. The fourth-order valence-electron chi connectivity index (χ4n) is 3.81. The van der Waals surface area contributed by atoms with Crippen molar-refractivity contribution < 1.29 is 4.79 Å². The zero-order chi connectivity index (χ0) is 22.2. The first-order chi connectivity index (χ1) is 16.2. The van der Waals surface area contributed by atoms with Crippen LogP contribution in [-0.2, 0) is 0 Å². The summed E-state index contributed by atoms with van der Waals surface area (Å²) in [6, 6.07) is 18.8. The van der Waals surface area contributed by atoms with Crippen molar-refractivity contribution in [3.8, 4) is 22.5 Å². The molecule has 0 aliphatic rings. The molecule has 0 fully saturated rings. The number of nitrogens with one attached hydrogen (secondary N) is 3.